The summed E-state index contributed by atoms with van der Waals surface area (Å²) in [7, 11) is 0. The first kappa shape index (κ1) is 17.1. The monoisotopic (exact) mass is 373 g/mol. The predicted molar refractivity (Wildman–Crippen MR) is 102 cm³/mol. The number of benzene rings is 2. The molecule has 1 unspecified atom stereocenters. The minimum Gasteiger partial charge on any atom is -0.298 e. The van der Waals surface area contributed by atoms with Crippen molar-refractivity contribution in [2.75, 3.05) is 13.1 Å². The van der Waals surface area contributed by atoms with Gasteiger partial charge in [-0.2, -0.15) is 0 Å². The average molecular weight is 374 g/mol. The van der Waals surface area contributed by atoms with Gasteiger partial charge in [0.25, 0.3) is 0 Å². The van der Waals surface area contributed by atoms with Crippen molar-refractivity contribution >= 4 is 29.0 Å². The van der Waals surface area contributed by atoms with Crippen molar-refractivity contribution in [3.8, 4) is 0 Å². The number of carbonyl (C=O) groups excluding carboxylic acids is 1. The van der Waals surface area contributed by atoms with E-state index in [1.165, 1.54) is 11.1 Å². The fraction of sp³-hybridized carbons (Fsp3) is 0.381. The Bertz CT molecular complexity index is 703. The van der Waals surface area contributed by atoms with Crippen LogP contribution in [-0.4, -0.2) is 29.8 Å². The SMILES string of the molecule is O=C1C2CCN(CC2)C1CC(c1ccc(Cl)cc1)c1ccc(Cl)cc1. The summed E-state index contributed by atoms with van der Waals surface area (Å²) in [5, 5.41) is 1.46. The number of halogens is 2. The molecular weight excluding hydrogens is 353 g/mol. The van der Waals surface area contributed by atoms with Crippen LogP contribution in [0, 0.1) is 5.92 Å². The molecule has 3 heterocycles. The first-order valence-corrected chi connectivity index (χ1v) is 9.66. The molecule has 3 fully saturated rings. The number of hydrogen-bond acceptors (Lipinski definition) is 2. The molecule has 4 heteroatoms. The first-order valence-electron chi connectivity index (χ1n) is 8.90. The second kappa shape index (κ2) is 7.11. The highest BCUT2D eigenvalue weighted by atomic mass is 35.5. The molecule has 3 saturated heterocycles. The molecule has 0 aliphatic carbocycles. The van der Waals surface area contributed by atoms with Gasteiger partial charge in [-0.3, -0.25) is 9.69 Å². The zero-order valence-corrected chi connectivity index (χ0v) is 15.5. The number of Topliss-reactive ketones (excluding diaryl/α,β-unsaturated/α-hetero) is 1. The van der Waals surface area contributed by atoms with Gasteiger partial charge in [-0.05, 0) is 67.7 Å². The van der Waals surface area contributed by atoms with Gasteiger partial charge in [0.05, 0.1) is 6.04 Å². The fourth-order valence-electron chi connectivity index (χ4n) is 4.29. The molecule has 2 nitrogen and oxygen atoms in total. The third kappa shape index (κ3) is 3.48. The minimum absolute atomic E-state index is 0.0313. The van der Waals surface area contributed by atoms with E-state index in [0.717, 1.165) is 42.4 Å². The molecule has 1 atom stereocenters. The van der Waals surface area contributed by atoms with Gasteiger partial charge in [0.1, 0.15) is 0 Å². The number of ketones is 1. The predicted octanol–water partition coefficient (Wildman–Crippen LogP) is 5.18. The Morgan fingerprint density at radius 2 is 1.36 bits per heavy atom. The van der Waals surface area contributed by atoms with E-state index in [9.17, 15) is 4.79 Å². The molecule has 0 aromatic heterocycles. The van der Waals surface area contributed by atoms with Crippen LogP contribution in [0.15, 0.2) is 48.5 Å². The molecule has 2 aromatic rings. The van der Waals surface area contributed by atoms with Crippen LogP contribution < -0.4 is 0 Å². The summed E-state index contributed by atoms with van der Waals surface area (Å²) in [6.07, 6.45) is 2.88. The molecule has 3 aliphatic heterocycles. The van der Waals surface area contributed by atoms with E-state index in [1.807, 2.05) is 24.3 Å². The lowest BCUT2D eigenvalue weighted by Crippen LogP contribution is -2.55. The molecule has 2 aromatic carbocycles. The number of carbonyl (C=O) groups is 1. The third-order valence-electron chi connectivity index (χ3n) is 5.70. The van der Waals surface area contributed by atoms with Gasteiger partial charge >= 0.3 is 0 Å². The van der Waals surface area contributed by atoms with Crippen LogP contribution in [0.4, 0.5) is 0 Å². The summed E-state index contributed by atoms with van der Waals surface area (Å²) in [6, 6.07) is 16.0. The summed E-state index contributed by atoms with van der Waals surface area (Å²) in [5.41, 5.74) is 2.39. The lowest BCUT2D eigenvalue weighted by atomic mass is 9.76. The van der Waals surface area contributed by atoms with Gasteiger partial charge in [-0.15, -0.1) is 0 Å². The average Bonchev–Trinajstić information content (AvgIpc) is 2.64. The normalized spacial score (nSPS) is 25.6. The molecule has 2 bridgehead atoms. The van der Waals surface area contributed by atoms with E-state index in [4.69, 9.17) is 23.2 Å². The molecule has 0 N–H and O–H groups in total. The molecule has 5 rings (SSSR count). The summed E-state index contributed by atoms with van der Waals surface area (Å²) >= 11 is 12.1. The highest BCUT2D eigenvalue weighted by Crippen LogP contribution is 2.37. The van der Waals surface area contributed by atoms with Crippen molar-refractivity contribution < 1.29 is 4.79 Å². The number of piperidine rings is 3. The van der Waals surface area contributed by atoms with E-state index >= 15 is 0 Å². The van der Waals surface area contributed by atoms with E-state index in [-0.39, 0.29) is 17.9 Å². The van der Waals surface area contributed by atoms with Crippen LogP contribution >= 0.6 is 23.2 Å². The molecule has 0 saturated carbocycles. The number of nitrogens with zero attached hydrogens (tertiary/aromatic N) is 1. The summed E-state index contributed by atoms with van der Waals surface area (Å²) in [5.74, 6) is 0.874. The Kier molecular flexibility index (Phi) is 4.86. The van der Waals surface area contributed by atoms with Crippen LogP contribution in [0.5, 0.6) is 0 Å². The number of hydrogen-bond donors (Lipinski definition) is 0. The maximum atomic E-state index is 12.8. The zero-order chi connectivity index (χ0) is 17.4. The number of fused-ring (bicyclic) bond motifs is 3. The van der Waals surface area contributed by atoms with Gasteiger partial charge in [0, 0.05) is 21.9 Å². The Morgan fingerprint density at radius 3 is 1.80 bits per heavy atom. The maximum Gasteiger partial charge on any atom is 0.153 e. The van der Waals surface area contributed by atoms with Crippen molar-refractivity contribution in [2.24, 2.45) is 5.92 Å². The standard InChI is InChI=1S/C21H21Cl2NO/c22-17-5-1-14(2-6-17)19(15-3-7-18(23)8-4-15)13-20-21(25)16-9-11-24(20)12-10-16/h1-8,16,19-20H,9-13H2. The smallest absolute Gasteiger partial charge is 0.153 e. The molecule has 0 radical (unpaired) electrons. The van der Waals surface area contributed by atoms with Crippen LogP contribution in [0.25, 0.3) is 0 Å². The Morgan fingerprint density at radius 1 is 0.880 bits per heavy atom. The lowest BCUT2D eigenvalue weighted by Gasteiger charge is -2.45. The summed E-state index contributed by atoms with van der Waals surface area (Å²) < 4.78 is 0. The fourth-order valence-corrected chi connectivity index (χ4v) is 4.54. The van der Waals surface area contributed by atoms with Crippen LogP contribution in [0.1, 0.15) is 36.3 Å². The Balaban J connectivity index is 1.66. The first-order chi connectivity index (χ1) is 12.1. The quantitative estimate of drug-likeness (QED) is 0.735. The molecule has 0 amide bonds. The van der Waals surface area contributed by atoms with Crippen molar-refractivity contribution in [1.82, 2.24) is 4.90 Å². The zero-order valence-electron chi connectivity index (χ0n) is 14.0. The van der Waals surface area contributed by atoms with Crippen molar-refractivity contribution in [1.29, 1.82) is 0 Å². The summed E-state index contributed by atoms with van der Waals surface area (Å²) in [4.78, 5) is 15.2. The molecule has 25 heavy (non-hydrogen) atoms. The maximum absolute atomic E-state index is 12.8. The Hall–Kier alpha value is -1.35. The van der Waals surface area contributed by atoms with Crippen LogP contribution in [-0.2, 0) is 4.79 Å². The van der Waals surface area contributed by atoms with Gasteiger partial charge in [-0.1, -0.05) is 47.5 Å². The van der Waals surface area contributed by atoms with E-state index in [0.29, 0.717) is 5.78 Å². The van der Waals surface area contributed by atoms with E-state index in [1.54, 1.807) is 0 Å². The van der Waals surface area contributed by atoms with Crippen LogP contribution in [0.3, 0.4) is 0 Å². The van der Waals surface area contributed by atoms with Gasteiger partial charge in [-0.25, -0.2) is 0 Å². The Labute approximate surface area is 158 Å². The second-order valence-electron chi connectivity index (χ2n) is 7.12. The van der Waals surface area contributed by atoms with E-state index < -0.39 is 0 Å². The highest BCUT2D eigenvalue weighted by molar-refractivity contribution is 6.30. The topological polar surface area (TPSA) is 20.3 Å². The van der Waals surface area contributed by atoms with Crippen molar-refractivity contribution in [3.63, 3.8) is 0 Å². The summed E-state index contributed by atoms with van der Waals surface area (Å²) in [6.45, 7) is 2.10. The minimum atomic E-state index is 0.0313. The molecular formula is C21H21Cl2NO. The lowest BCUT2D eigenvalue weighted by molar-refractivity contribution is -0.137. The largest absolute Gasteiger partial charge is 0.298 e. The third-order valence-corrected chi connectivity index (χ3v) is 6.21. The van der Waals surface area contributed by atoms with Gasteiger partial charge in [0.2, 0.25) is 0 Å². The number of rotatable bonds is 4. The van der Waals surface area contributed by atoms with E-state index in [2.05, 4.69) is 29.2 Å². The van der Waals surface area contributed by atoms with Gasteiger partial charge < -0.3 is 0 Å². The van der Waals surface area contributed by atoms with Gasteiger partial charge in [0.15, 0.2) is 5.78 Å². The second-order valence-corrected chi connectivity index (χ2v) is 7.99. The van der Waals surface area contributed by atoms with Crippen LogP contribution in [0.2, 0.25) is 10.0 Å². The molecule has 3 aliphatic rings. The van der Waals surface area contributed by atoms with Crippen molar-refractivity contribution in [3.05, 3.63) is 69.7 Å². The molecule has 130 valence electrons. The highest BCUT2D eigenvalue weighted by Gasteiger charge is 2.41. The molecule has 0 spiro atoms. The van der Waals surface area contributed by atoms with Crippen molar-refractivity contribution in [2.45, 2.75) is 31.2 Å².